The first-order valence-corrected chi connectivity index (χ1v) is 7.25. The van der Waals surface area contributed by atoms with Crippen molar-refractivity contribution in [3.8, 4) is 0 Å². The van der Waals surface area contributed by atoms with E-state index in [9.17, 15) is 9.59 Å². The molecule has 1 aromatic carbocycles. The molecule has 1 amide bonds. The highest BCUT2D eigenvalue weighted by Crippen LogP contribution is 2.32. The third-order valence-corrected chi connectivity index (χ3v) is 3.82. The van der Waals surface area contributed by atoms with Gasteiger partial charge in [-0.2, -0.15) is 0 Å². The maximum Gasteiger partial charge on any atom is 0.303 e. The molecular weight excluding hydrogens is 378 g/mol. The summed E-state index contributed by atoms with van der Waals surface area (Å²) in [7, 11) is 0. The number of rotatable bonds is 5. The van der Waals surface area contributed by atoms with Crippen LogP contribution in [0, 0.1) is 5.41 Å². The summed E-state index contributed by atoms with van der Waals surface area (Å²) in [6, 6.07) is 5.49. The molecule has 0 aliphatic heterocycles. The van der Waals surface area contributed by atoms with E-state index in [1.807, 2.05) is 18.2 Å². The maximum atomic E-state index is 12.0. The average molecular weight is 393 g/mol. The van der Waals surface area contributed by atoms with E-state index < -0.39 is 11.4 Å². The van der Waals surface area contributed by atoms with Gasteiger partial charge in [0.1, 0.15) is 0 Å². The van der Waals surface area contributed by atoms with Crippen molar-refractivity contribution >= 4 is 49.4 Å². The summed E-state index contributed by atoms with van der Waals surface area (Å²) in [5, 5.41) is 11.6. The van der Waals surface area contributed by atoms with Crippen LogP contribution in [0.1, 0.15) is 26.7 Å². The van der Waals surface area contributed by atoms with Gasteiger partial charge in [0, 0.05) is 15.4 Å². The lowest BCUT2D eigenvalue weighted by atomic mass is 9.85. The van der Waals surface area contributed by atoms with Gasteiger partial charge in [-0.15, -0.1) is 0 Å². The topological polar surface area (TPSA) is 66.4 Å². The van der Waals surface area contributed by atoms with Crippen LogP contribution >= 0.6 is 31.9 Å². The second-order valence-corrected chi connectivity index (χ2v) is 6.77. The summed E-state index contributed by atoms with van der Waals surface area (Å²) in [5.41, 5.74) is 0.0718. The SMILES string of the molecule is CC(C)(CC(=O)O)CC(=O)Nc1c(Br)cccc1Br. The van der Waals surface area contributed by atoms with Gasteiger partial charge in [0.15, 0.2) is 0 Å². The van der Waals surface area contributed by atoms with Gasteiger partial charge < -0.3 is 10.4 Å². The second-order valence-electron chi connectivity index (χ2n) is 5.06. The van der Waals surface area contributed by atoms with Crippen LogP contribution < -0.4 is 5.32 Å². The molecule has 0 fully saturated rings. The second kappa shape index (κ2) is 6.52. The van der Waals surface area contributed by atoms with E-state index in [4.69, 9.17) is 5.11 Å². The van der Waals surface area contributed by atoms with Crippen LogP contribution in [0.3, 0.4) is 0 Å². The summed E-state index contributed by atoms with van der Waals surface area (Å²) < 4.78 is 1.54. The van der Waals surface area contributed by atoms with E-state index in [0.29, 0.717) is 5.69 Å². The van der Waals surface area contributed by atoms with E-state index in [1.54, 1.807) is 13.8 Å². The van der Waals surface area contributed by atoms with Gasteiger partial charge >= 0.3 is 5.97 Å². The van der Waals surface area contributed by atoms with Crippen LogP contribution in [0.15, 0.2) is 27.1 Å². The summed E-state index contributed by atoms with van der Waals surface area (Å²) in [6.07, 6.45) is 0.102. The molecule has 0 spiro atoms. The fourth-order valence-electron chi connectivity index (χ4n) is 1.71. The first-order chi connectivity index (χ1) is 8.71. The van der Waals surface area contributed by atoms with Crippen molar-refractivity contribution in [3.05, 3.63) is 27.1 Å². The minimum absolute atomic E-state index is 0.0441. The Morgan fingerprint density at radius 2 is 1.74 bits per heavy atom. The molecule has 104 valence electrons. The minimum atomic E-state index is -0.903. The lowest BCUT2D eigenvalue weighted by molar-refractivity contribution is -0.139. The van der Waals surface area contributed by atoms with Crippen molar-refractivity contribution in [3.63, 3.8) is 0 Å². The molecule has 0 radical (unpaired) electrons. The number of anilines is 1. The highest BCUT2D eigenvalue weighted by molar-refractivity contribution is 9.11. The molecule has 1 aromatic rings. The molecule has 4 nitrogen and oxygen atoms in total. The predicted molar refractivity (Wildman–Crippen MR) is 81.1 cm³/mol. The molecule has 0 heterocycles. The molecule has 0 aliphatic carbocycles. The molecular formula is C13H15Br2NO3. The zero-order valence-electron chi connectivity index (χ0n) is 10.7. The van der Waals surface area contributed by atoms with Crippen LogP contribution in [0.2, 0.25) is 0 Å². The van der Waals surface area contributed by atoms with E-state index in [-0.39, 0.29) is 18.7 Å². The largest absolute Gasteiger partial charge is 0.481 e. The molecule has 0 saturated heterocycles. The number of amides is 1. The molecule has 0 bridgehead atoms. The number of carboxylic acid groups (broad SMARTS) is 1. The standard InChI is InChI=1S/C13H15Br2NO3/c1-13(2,7-11(18)19)6-10(17)16-12-8(14)4-3-5-9(12)15/h3-5H,6-7H2,1-2H3,(H,16,17)(H,18,19). The molecule has 1 rings (SSSR count). The lowest BCUT2D eigenvalue weighted by Gasteiger charge is -2.21. The Morgan fingerprint density at radius 1 is 1.21 bits per heavy atom. The van der Waals surface area contributed by atoms with Crippen LogP contribution in [0.25, 0.3) is 0 Å². The molecule has 0 saturated carbocycles. The van der Waals surface area contributed by atoms with Crippen LogP contribution in [0.5, 0.6) is 0 Å². The van der Waals surface area contributed by atoms with E-state index in [1.165, 1.54) is 0 Å². The number of nitrogens with one attached hydrogen (secondary N) is 1. The smallest absolute Gasteiger partial charge is 0.303 e. The van der Waals surface area contributed by atoms with Crippen molar-refractivity contribution in [2.24, 2.45) is 5.41 Å². The average Bonchev–Trinajstić information content (AvgIpc) is 2.20. The van der Waals surface area contributed by atoms with Gasteiger partial charge in [-0.25, -0.2) is 0 Å². The normalized spacial score (nSPS) is 11.2. The zero-order chi connectivity index (χ0) is 14.6. The number of benzene rings is 1. The number of carbonyl (C=O) groups is 2. The van der Waals surface area contributed by atoms with Crippen LogP contribution in [0.4, 0.5) is 5.69 Å². The van der Waals surface area contributed by atoms with Gasteiger partial charge in [0.05, 0.1) is 12.1 Å². The van der Waals surface area contributed by atoms with Gasteiger partial charge in [-0.05, 0) is 49.4 Å². The number of hydrogen-bond acceptors (Lipinski definition) is 2. The van der Waals surface area contributed by atoms with Crippen molar-refractivity contribution in [2.45, 2.75) is 26.7 Å². The summed E-state index contributed by atoms with van der Waals surface area (Å²) in [4.78, 5) is 22.7. The van der Waals surface area contributed by atoms with Crippen LogP contribution in [-0.4, -0.2) is 17.0 Å². The molecule has 0 aliphatic rings. The van der Waals surface area contributed by atoms with Gasteiger partial charge in [-0.1, -0.05) is 19.9 Å². The quantitative estimate of drug-likeness (QED) is 0.794. The minimum Gasteiger partial charge on any atom is -0.481 e. The Hall–Kier alpha value is -0.880. The van der Waals surface area contributed by atoms with Crippen molar-refractivity contribution in [1.29, 1.82) is 0 Å². The van der Waals surface area contributed by atoms with E-state index in [2.05, 4.69) is 37.2 Å². The highest BCUT2D eigenvalue weighted by Gasteiger charge is 2.25. The fraction of sp³-hybridized carbons (Fsp3) is 0.385. The Kier molecular flexibility index (Phi) is 5.55. The monoisotopic (exact) mass is 391 g/mol. The zero-order valence-corrected chi connectivity index (χ0v) is 13.8. The highest BCUT2D eigenvalue weighted by atomic mass is 79.9. The first kappa shape index (κ1) is 16.2. The molecule has 0 atom stereocenters. The predicted octanol–water partition coefficient (Wildman–Crippen LogP) is 4.04. The Balaban J connectivity index is 2.73. The number of carbonyl (C=O) groups excluding carboxylic acids is 1. The van der Waals surface area contributed by atoms with Crippen molar-refractivity contribution in [2.75, 3.05) is 5.32 Å². The number of halogens is 2. The lowest BCUT2D eigenvalue weighted by Crippen LogP contribution is -2.25. The Bertz CT molecular complexity index is 480. The third-order valence-electron chi connectivity index (χ3n) is 2.50. The summed E-state index contributed by atoms with van der Waals surface area (Å²) in [6.45, 7) is 3.52. The fourth-order valence-corrected chi connectivity index (χ4v) is 2.90. The van der Waals surface area contributed by atoms with E-state index in [0.717, 1.165) is 8.95 Å². The number of hydrogen-bond donors (Lipinski definition) is 2. The van der Waals surface area contributed by atoms with Crippen molar-refractivity contribution in [1.82, 2.24) is 0 Å². The van der Waals surface area contributed by atoms with Crippen LogP contribution in [-0.2, 0) is 9.59 Å². The number of para-hydroxylation sites is 1. The summed E-state index contributed by atoms with van der Waals surface area (Å²) in [5.74, 6) is -1.11. The number of carboxylic acids is 1. The van der Waals surface area contributed by atoms with Gasteiger partial charge in [0.25, 0.3) is 0 Å². The maximum absolute atomic E-state index is 12.0. The molecule has 2 N–H and O–H groups in total. The van der Waals surface area contributed by atoms with Crippen molar-refractivity contribution < 1.29 is 14.7 Å². The third kappa shape index (κ3) is 5.32. The first-order valence-electron chi connectivity index (χ1n) is 5.67. The van der Waals surface area contributed by atoms with E-state index >= 15 is 0 Å². The Labute approximate surface area is 128 Å². The Morgan fingerprint density at radius 3 is 2.21 bits per heavy atom. The molecule has 0 unspecified atom stereocenters. The summed E-state index contributed by atoms with van der Waals surface area (Å²) >= 11 is 6.71. The molecule has 19 heavy (non-hydrogen) atoms. The molecule has 0 aromatic heterocycles. The van der Waals surface area contributed by atoms with Gasteiger partial charge in [-0.3, -0.25) is 9.59 Å². The molecule has 6 heteroatoms. The number of aliphatic carboxylic acids is 1. The van der Waals surface area contributed by atoms with Gasteiger partial charge in [0.2, 0.25) is 5.91 Å².